The lowest BCUT2D eigenvalue weighted by molar-refractivity contribution is -0.872. The van der Waals surface area contributed by atoms with Gasteiger partial charge >= 0.3 is 0 Å². The Hall–Kier alpha value is -0.830. The smallest absolute Gasteiger partial charge is 0.159 e. The number of hydrogen-bond donors (Lipinski definition) is 2. The molecule has 0 fully saturated rings. The molecular formula is C12H22N2O2P+. The monoisotopic (exact) mass is 257 g/mol. The molecule has 0 aromatic heterocycles. The van der Waals surface area contributed by atoms with Crippen LogP contribution in [0.25, 0.3) is 0 Å². The van der Waals surface area contributed by atoms with E-state index in [1.807, 2.05) is 21.1 Å². The topological polar surface area (TPSA) is 63.3 Å². The summed E-state index contributed by atoms with van der Waals surface area (Å²) in [7, 11) is 3.13. The van der Waals surface area contributed by atoms with E-state index in [1.54, 1.807) is 30.9 Å². The number of nitrogens with zero attached hydrogens (tertiary/aromatic N) is 1. The summed E-state index contributed by atoms with van der Waals surface area (Å²) in [4.78, 5) is 0. The molecule has 1 aromatic rings. The molecule has 96 valence electrons. The zero-order chi connectivity index (χ0) is 13.3. The van der Waals surface area contributed by atoms with E-state index in [0.29, 0.717) is 22.0 Å². The quantitative estimate of drug-likeness (QED) is 0.479. The summed E-state index contributed by atoms with van der Waals surface area (Å²) >= 11 is 0. The third-order valence-electron chi connectivity index (χ3n) is 2.69. The molecule has 0 saturated carbocycles. The van der Waals surface area contributed by atoms with Crippen molar-refractivity contribution in [1.82, 2.24) is 0 Å². The maximum absolute atomic E-state index is 12.6. The maximum atomic E-state index is 12.6. The molecular weight excluding hydrogens is 235 g/mol. The van der Waals surface area contributed by atoms with E-state index >= 15 is 0 Å². The summed E-state index contributed by atoms with van der Waals surface area (Å²) in [6.07, 6.45) is 0. The summed E-state index contributed by atoms with van der Waals surface area (Å²) in [5, 5.41) is 10.8. The Bertz CT molecular complexity index is 423. The van der Waals surface area contributed by atoms with Crippen LogP contribution in [0, 0.1) is 0 Å². The Balaban J connectivity index is 2.95. The highest BCUT2D eigenvalue weighted by Gasteiger charge is 2.32. The fourth-order valence-corrected chi connectivity index (χ4v) is 3.47. The Labute approximate surface area is 103 Å². The number of aliphatic hydroxyl groups is 1. The molecule has 0 bridgehead atoms. The number of benzene rings is 1. The summed E-state index contributed by atoms with van der Waals surface area (Å²) < 4.78 is 13.2. The lowest BCUT2D eigenvalue weighted by atomic mass is 10.3. The van der Waals surface area contributed by atoms with Gasteiger partial charge in [0.1, 0.15) is 13.7 Å². The van der Waals surface area contributed by atoms with Crippen LogP contribution in [-0.4, -0.2) is 49.8 Å². The highest BCUT2D eigenvalue weighted by molar-refractivity contribution is 7.71. The van der Waals surface area contributed by atoms with Crippen LogP contribution in [0.2, 0.25) is 0 Å². The number of hydrogen-bond acceptors (Lipinski definition) is 3. The van der Waals surface area contributed by atoms with Gasteiger partial charge in [0.25, 0.3) is 0 Å². The normalized spacial score (nSPS) is 17.5. The fraction of sp³-hybridized carbons (Fsp3) is 0.500. The third kappa shape index (κ3) is 3.84. The number of quaternary nitrogens is 1. The predicted octanol–water partition coefficient (Wildman–Crippen LogP) is 0.912. The highest BCUT2D eigenvalue weighted by Crippen LogP contribution is 2.44. The second-order valence-electron chi connectivity index (χ2n) is 5.54. The van der Waals surface area contributed by atoms with Gasteiger partial charge in [-0.15, -0.1) is 0 Å². The van der Waals surface area contributed by atoms with Crippen LogP contribution in [0.15, 0.2) is 24.3 Å². The molecule has 0 aliphatic rings. The number of anilines is 1. The predicted molar refractivity (Wildman–Crippen MR) is 72.9 cm³/mol. The van der Waals surface area contributed by atoms with Crippen molar-refractivity contribution in [2.75, 3.05) is 40.1 Å². The molecule has 2 unspecified atom stereocenters. The summed E-state index contributed by atoms with van der Waals surface area (Å²) in [6.45, 7) is 2.08. The van der Waals surface area contributed by atoms with Gasteiger partial charge in [0.2, 0.25) is 0 Å². The second kappa shape index (κ2) is 4.81. The number of nitrogen functional groups attached to an aromatic ring is 1. The fourth-order valence-electron chi connectivity index (χ4n) is 1.59. The largest absolute Gasteiger partial charge is 0.399 e. The van der Waals surface area contributed by atoms with E-state index in [1.165, 1.54) is 0 Å². The van der Waals surface area contributed by atoms with Crippen molar-refractivity contribution in [1.29, 1.82) is 0 Å². The number of likely N-dealkylation sites (N-methyl/N-ethyl adjacent to an activating group) is 1. The number of rotatable bonds is 4. The molecule has 4 nitrogen and oxygen atoms in total. The second-order valence-corrected chi connectivity index (χ2v) is 8.63. The first-order chi connectivity index (χ1) is 7.63. The maximum Gasteiger partial charge on any atom is 0.159 e. The van der Waals surface area contributed by atoms with E-state index in [0.717, 1.165) is 0 Å². The van der Waals surface area contributed by atoms with Gasteiger partial charge in [-0.2, -0.15) is 0 Å². The SMILES string of the molecule is C[N+](C)(C)CC(O)P(C)(=O)c1ccc(N)cc1. The van der Waals surface area contributed by atoms with E-state index in [9.17, 15) is 9.67 Å². The molecule has 0 amide bonds. The van der Waals surface area contributed by atoms with Crippen molar-refractivity contribution in [2.24, 2.45) is 0 Å². The molecule has 17 heavy (non-hydrogen) atoms. The highest BCUT2D eigenvalue weighted by atomic mass is 31.2. The minimum absolute atomic E-state index is 0.457. The standard InChI is InChI=1S/C12H22N2O2P/c1-14(2,3)9-12(15)17(4,16)11-7-5-10(13)6-8-11/h5-8,12,15H,9,13H2,1-4H3/q+1. The van der Waals surface area contributed by atoms with Crippen molar-refractivity contribution >= 4 is 18.1 Å². The van der Waals surface area contributed by atoms with Gasteiger partial charge < -0.3 is 19.9 Å². The Morgan fingerprint density at radius 1 is 1.29 bits per heavy atom. The zero-order valence-electron chi connectivity index (χ0n) is 10.9. The van der Waals surface area contributed by atoms with Crippen LogP contribution < -0.4 is 11.0 Å². The van der Waals surface area contributed by atoms with E-state index in [2.05, 4.69) is 0 Å². The van der Waals surface area contributed by atoms with Gasteiger partial charge in [0.05, 0.1) is 21.1 Å². The van der Waals surface area contributed by atoms with Gasteiger partial charge in [-0.3, -0.25) is 0 Å². The van der Waals surface area contributed by atoms with E-state index in [4.69, 9.17) is 5.73 Å². The van der Waals surface area contributed by atoms with E-state index < -0.39 is 13.0 Å². The molecule has 3 N–H and O–H groups in total. The molecule has 0 saturated heterocycles. The Kier molecular flexibility index (Phi) is 4.03. The lowest BCUT2D eigenvalue weighted by Gasteiger charge is -2.29. The van der Waals surface area contributed by atoms with Crippen LogP contribution in [0.1, 0.15) is 0 Å². The molecule has 5 heteroatoms. The molecule has 1 rings (SSSR count). The van der Waals surface area contributed by atoms with Gasteiger partial charge in [-0.25, -0.2) is 0 Å². The molecule has 1 aromatic carbocycles. The van der Waals surface area contributed by atoms with Gasteiger partial charge in [-0.05, 0) is 30.9 Å². The molecule has 0 spiro atoms. The molecule has 0 aliphatic heterocycles. The lowest BCUT2D eigenvalue weighted by Crippen LogP contribution is -2.42. The summed E-state index contributed by atoms with van der Waals surface area (Å²) in [6, 6.07) is 6.89. The Morgan fingerprint density at radius 2 is 1.76 bits per heavy atom. The Morgan fingerprint density at radius 3 is 2.18 bits per heavy atom. The molecule has 2 atom stereocenters. The molecule has 0 heterocycles. The van der Waals surface area contributed by atoms with Gasteiger partial charge in [0, 0.05) is 11.0 Å². The van der Waals surface area contributed by atoms with Gasteiger partial charge in [0.15, 0.2) is 5.85 Å². The average Bonchev–Trinajstić information content (AvgIpc) is 2.15. The van der Waals surface area contributed by atoms with Crippen LogP contribution >= 0.6 is 7.14 Å². The minimum atomic E-state index is -2.77. The minimum Gasteiger partial charge on any atom is -0.399 e. The van der Waals surface area contributed by atoms with Crippen molar-refractivity contribution in [2.45, 2.75) is 5.85 Å². The first-order valence-electron chi connectivity index (χ1n) is 5.55. The summed E-state index contributed by atoms with van der Waals surface area (Å²) in [5.41, 5.74) is 6.23. The van der Waals surface area contributed by atoms with Crippen LogP contribution in [-0.2, 0) is 4.57 Å². The van der Waals surface area contributed by atoms with Crippen molar-refractivity contribution < 1.29 is 14.2 Å². The summed E-state index contributed by atoms with van der Waals surface area (Å²) in [5.74, 6) is -0.828. The average molecular weight is 257 g/mol. The van der Waals surface area contributed by atoms with Crippen molar-refractivity contribution in [3.63, 3.8) is 0 Å². The van der Waals surface area contributed by atoms with Gasteiger partial charge in [-0.1, -0.05) is 0 Å². The van der Waals surface area contributed by atoms with Crippen LogP contribution in [0.3, 0.4) is 0 Å². The van der Waals surface area contributed by atoms with Crippen LogP contribution in [0.5, 0.6) is 0 Å². The number of aliphatic hydroxyl groups excluding tert-OH is 1. The van der Waals surface area contributed by atoms with Crippen molar-refractivity contribution in [3.05, 3.63) is 24.3 Å². The number of nitrogens with two attached hydrogens (primary N) is 1. The van der Waals surface area contributed by atoms with E-state index in [-0.39, 0.29) is 0 Å². The van der Waals surface area contributed by atoms with Crippen LogP contribution in [0.4, 0.5) is 5.69 Å². The molecule has 0 aliphatic carbocycles. The van der Waals surface area contributed by atoms with Crippen molar-refractivity contribution in [3.8, 4) is 0 Å². The molecule has 0 radical (unpaired) electrons. The first-order valence-corrected chi connectivity index (χ1v) is 7.77. The first kappa shape index (κ1) is 14.2. The third-order valence-corrected chi connectivity index (χ3v) is 5.31. The zero-order valence-corrected chi connectivity index (χ0v) is 11.8.